The van der Waals surface area contributed by atoms with Gasteiger partial charge in [-0.05, 0) is 87.0 Å². The van der Waals surface area contributed by atoms with Crippen molar-refractivity contribution in [3.63, 3.8) is 0 Å². The van der Waals surface area contributed by atoms with Crippen LogP contribution in [0.3, 0.4) is 0 Å². The molecule has 3 rings (SSSR count). The molecule has 2 aliphatic rings. The van der Waals surface area contributed by atoms with Gasteiger partial charge in [0.15, 0.2) is 0 Å². The first-order valence-electron chi connectivity index (χ1n) is 12.0. The Labute approximate surface area is 195 Å². The van der Waals surface area contributed by atoms with Crippen molar-refractivity contribution in [3.8, 4) is 0 Å². The average molecular weight is 442 g/mol. The lowest BCUT2D eigenvalue weighted by Gasteiger charge is -2.48. The number of fused-ring (bicyclic) bond motifs is 1. The molecule has 1 aromatic rings. The first-order valence-corrected chi connectivity index (χ1v) is 12.7. The second-order valence-corrected chi connectivity index (χ2v) is 12.0. The van der Waals surface area contributed by atoms with E-state index < -0.39 is 0 Å². The lowest BCUT2D eigenvalue weighted by atomic mass is 9.68. The average Bonchev–Trinajstić information content (AvgIpc) is 2.67. The number of hydrogen-bond donors (Lipinski definition) is 1. The van der Waals surface area contributed by atoms with Crippen LogP contribution in [0.2, 0.25) is 0 Å². The van der Waals surface area contributed by atoms with Gasteiger partial charge in [0.2, 0.25) is 0 Å². The molecule has 1 aliphatic carbocycles. The van der Waals surface area contributed by atoms with Crippen molar-refractivity contribution < 1.29 is 0 Å². The Morgan fingerprint density at radius 3 is 2.48 bits per heavy atom. The Balaban J connectivity index is 1.75. The van der Waals surface area contributed by atoms with Crippen molar-refractivity contribution in [1.82, 2.24) is 14.5 Å². The van der Waals surface area contributed by atoms with E-state index in [-0.39, 0.29) is 10.8 Å². The van der Waals surface area contributed by atoms with Gasteiger partial charge in [-0.1, -0.05) is 51.8 Å². The van der Waals surface area contributed by atoms with E-state index >= 15 is 0 Å². The fourth-order valence-corrected chi connectivity index (χ4v) is 6.03. The number of unbranched alkanes of at least 4 members (excludes halogenated alkanes) is 1. The molecule has 0 bridgehead atoms. The van der Waals surface area contributed by atoms with Crippen molar-refractivity contribution in [2.24, 2.45) is 5.41 Å². The maximum absolute atomic E-state index is 3.72. The maximum atomic E-state index is 3.72. The van der Waals surface area contributed by atoms with E-state index in [1.165, 1.54) is 34.6 Å². The van der Waals surface area contributed by atoms with Crippen molar-refractivity contribution in [2.75, 3.05) is 40.3 Å². The van der Waals surface area contributed by atoms with E-state index in [0.717, 1.165) is 39.0 Å². The van der Waals surface area contributed by atoms with Crippen LogP contribution in [0, 0.1) is 5.41 Å². The third-order valence-corrected chi connectivity index (χ3v) is 7.65. The van der Waals surface area contributed by atoms with Crippen molar-refractivity contribution in [1.29, 1.82) is 0 Å². The topological polar surface area (TPSA) is 18.5 Å². The largest absolute Gasteiger partial charge is 0.385 e. The molecule has 4 heteroatoms. The molecule has 1 fully saturated rings. The number of nitrogens with zero attached hydrogens (tertiary/aromatic N) is 2. The Morgan fingerprint density at radius 1 is 1.16 bits per heavy atom. The molecule has 1 N–H and O–H groups in total. The summed E-state index contributed by atoms with van der Waals surface area (Å²) in [6, 6.07) is 9.21. The van der Waals surface area contributed by atoms with Gasteiger partial charge in [-0.2, -0.15) is 0 Å². The highest BCUT2D eigenvalue weighted by Gasteiger charge is 2.42. The van der Waals surface area contributed by atoms with Crippen molar-refractivity contribution in [2.45, 2.75) is 70.6 Å². The number of hydrogen-bond acceptors (Lipinski definition) is 4. The summed E-state index contributed by atoms with van der Waals surface area (Å²) in [6.07, 6.45) is 7.29. The van der Waals surface area contributed by atoms with E-state index in [1.54, 1.807) is 5.57 Å². The maximum Gasteiger partial charge on any atom is 0.0329 e. The fourth-order valence-electron chi connectivity index (χ4n) is 4.98. The Kier molecular flexibility index (Phi) is 7.99. The van der Waals surface area contributed by atoms with Crippen LogP contribution >= 0.6 is 11.9 Å². The molecule has 0 spiro atoms. The zero-order valence-corrected chi connectivity index (χ0v) is 21.7. The number of piperidine rings is 1. The molecule has 1 saturated heterocycles. The van der Waals surface area contributed by atoms with Crippen LogP contribution < -0.4 is 5.32 Å². The highest BCUT2D eigenvalue weighted by atomic mass is 32.2. The summed E-state index contributed by atoms with van der Waals surface area (Å²) in [5, 5.41) is 3.72. The lowest BCUT2D eigenvalue weighted by molar-refractivity contribution is 0.165. The summed E-state index contributed by atoms with van der Waals surface area (Å²) in [4.78, 5) is 3.73. The predicted octanol–water partition coefficient (Wildman–Crippen LogP) is 6.24. The first-order chi connectivity index (χ1) is 14.6. The first kappa shape index (κ1) is 24.4. The molecular formula is C27H43N3S. The summed E-state index contributed by atoms with van der Waals surface area (Å²) < 4.78 is 2.61. The van der Waals surface area contributed by atoms with E-state index in [2.05, 4.69) is 93.6 Å². The monoisotopic (exact) mass is 441 g/mol. The van der Waals surface area contributed by atoms with Crippen LogP contribution in [0.25, 0.3) is 0 Å². The summed E-state index contributed by atoms with van der Waals surface area (Å²) >= 11 is 1.94. The Bertz CT molecular complexity index is 801. The zero-order chi connectivity index (χ0) is 22.6. The number of allylic oxidation sites excluding steroid dienone is 2. The van der Waals surface area contributed by atoms with Crippen LogP contribution in [0.15, 0.2) is 52.1 Å². The lowest BCUT2D eigenvalue weighted by Crippen LogP contribution is -2.49. The molecule has 1 unspecified atom stereocenters. The minimum Gasteiger partial charge on any atom is -0.385 e. The normalized spacial score (nSPS) is 22.5. The number of nitrogens with one attached hydrogen (secondary N) is 1. The second kappa shape index (κ2) is 10.1. The molecule has 1 heterocycles. The van der Waals surface area contributed by atoms with Gasteiger partial charge in [0.25, 0.3) is 0 Å². The zero-order valence-electron chi connectivity index (χ0n) is 20.8. The number of benzene rings is 1. The highest BCUT2D eigenvalue weighted by Crippen LogP contribution is 2.47. The summed E-state index contributed by atoms with van der Waals surface area (Å²) in [5.41, 5.74) is 6.38. The molecule has 3 nitrogen and oxygen atoms in total. The van der Waals surface area contributed by atoms with Crippen LogP contribution in [-0.2, 0) is 5.41 Å². The second-order valence-electron chi connectivity index (χ2n) is 10.8. The molecule has 1 aromatic carbocycles. The summed E-state index contributed by atoms with van der Waals surface area (Å²) in [5.74, 6) is 0. The van der Waals surface area contributed by atoms with Crippen LogP contribution in [0.1, 0.15) is 65.9 Å². The summed E-state index contributed by atoms with van der Waals surface area (Å²) in [7, 11) is 4.44. The SMILES string of the molecule is CCCCNC1=C(C)CC2(CN(C)C)CN(Sc3ccc(C(C)(C)C)cc3)CCC2=C1. The molecule has 1 atom stereocenters. The third-order valence-electron chi connectivity index (χ3n) is 6.59. The van der Waals surface area contributed by atoms with Gasteiger partial charge in [-0.3, -0.25) is 0 Å². The minimum atomic E-state index is 0.207. The third kappa shape index (κ3) is 6.18. The van der Waals surface area contributed by atoms with Crippen molar-refractivity contribution in [3.05, 3.63) is 52.7 Å². The predicted molar refractivity (Wildman–Crippen MR) is 136 cm³/mol. The van der Waals surface area contributed by atoms with Crippen LogP contribution in [-0.4, -0.2) is 49.5 Å². The molecular weight excluding hydrogens is 398 g/mol. The van der Waals surface area contributed by atoms with E-state index in [9.17, 15) is 0 Å². The molecule has 0 saturated carbocycles. The van der Waals surface area contributed by atoms with Gasteiger partial charge < -0.3 is 10.2 Å². The summed E-state index contributed by atoms with van der Waals surface area (Å²) in [6.45, 7) is 15.9. The van der Waals surface area contributed by atoms with Gasteiger partial charge in [0.1, 0.15) is 0 Å². The highest BCUT2D eigenvalue weighted by molar-refractivity contribution is 7.97. The Hall–Kier alpha value is -1.23. The molecule has 0 radical (unpaired) electrons. The molecule has 31 heavy (non-hydrogen) atoms. The molecule has 1 aliphatic heterocycles. The molecule has 0 aromatic heterocycles. The van der Waals surface area contributed by atoms with Gasteiger partial charge in [-0.25, -0.2) is 4.31 Å². The van der Waals surface area contributed by atoms with Crippen LogP contribution in [0.5, 0.6) is 0 Å². The van der Waals surface area contributed by atoms with E-state index in [1.807, 2.05) is 11.9 Å². The molecule has 0 amide bonds. The number of rotatable bonds is 8. The Morgan fingerprint density at radius 2 is 1.87 bits per heavy atom. The van der Waals surface area contributed by atoms with Gasteiger partial charge >= 0.3 is 0 Å². The van der Waals surface area contributed by atoms with Gasteiger partial charge in [0.05, 0.1) is 0 Å². The standard InChI is InChI=1S/C27H43N3S/c1-8-9-15-28-25-17-23-14-16-30(20-27(23,18-21(25)2)19-29(6)7)31-24-12-10-22(11-13-24)26(3,4)5/h10-13,17,28H,8-9,14-16,18-20H2,1-7H3. The fraction of sp³-hybridized carbons (Fsp3) is 0.630. The molecule has 172 valence electrons. The van der Waals surface area contributed by atoms with E-state index in [0.29, 0.717) is 0 Å². The van der Waals surface area contributed by atoms with Crippen LogP contribution in [0.4, 0.5) is 0 Å². The minimum absolute atomic E-state index is 0.207. The van der Waals surface area contributed by atoms with Crippen molar-refractivity contribution >= 4 is 11.9 Å². The van der Waals surface area contributed by atoms with Gasteiger partial charge in [-0.15, -0.1) is 0 Å². The smallest absolute Gasteiger partial charge is 0.0329 e. The van der Waals surface area contributed by atoms with Gasteiger partial charge in [0, 0.05) is 42.2 Å². The van der Waals surface area contributed by atoms with E-state index in [4.69, 9.17) is 0 Å². The quantitative estimate of drug-likeness (QED) is 0.380.